The second-order valence-corrected chi connectivity index (χ2v) is 7.63. The molecule has 7 heteroatoms. The molecule has 0 saturated heterocycles. The van der Waals surface area contributed by atoms with Crippen LogP contribution in [0.2, 0.25) is 0 Å². The van der Waals surface area contributed by atoms with Crippen LogP contribution in [0.1, 0.15) is 26.5 Å². The van der Waals surface area contributed by atoms with Crippen LogP contribution in [0.4, 0.5) is 5.82 Å². The Labute approximate surface area is 151 Å². The van der Waals surface area contributed by atoms with E-state index in [9.17, 15) is 0 Å². The van der Waals surface area contributed by atoms with Gasteiger partial charge >= 0.3 is 0 Å². The number of nitrogens with one attached hydrogen (secondary N) is 1. The summed E-state index contributed by atoms with van der Waals surface area (Å²) in [6, 6.07) is 10.1. The lowest BCUT2D eigenvalue weighted by molar-refractivity contribution is 0.523. The van der Waals surface area contributed by atoms with Crippen LogP contribution in [-0.2, 0) is 19.5 Å². The van der Waals surface area contributed by atoms with Crippen LogP contribution in [0.25, 0.3) is 33.8 Å². The number of H-pyrrole nitrogens is 1. The van der Waals surface area contributed by atoms with Gasteiger partial charge in [-0.05, 0) is 18.2 Å². The highest BCUT2D eigenvalue weighted by Gasteiger charge is 2.25. The largest absolute Gasteiger partial charge is 0.382 e. The molecule has 0 unspecified atom stereocenters. The lowest BCUT2D eigenvalue weighted by Crippen LogP contribution is -2.16. The Morgan fingerprint density at radius 2 is 1.85 bits per heavy atom. The number of aromatic amines is 1. The fourth-order valence-corrected chi connectivity index (χ4v) is 3.43. The molecular formula is C19H23N7. The van der Waals surface area contributed by atoms with Crippen LogP contribution >= 0.6 is 0 Å². The highest BCUT2D eigenvalue weighted by atomic mass is 15.3. The van der Waals surface area contributed by atoms with Gasteiger partial charge in [0.1, 0.15) is 11.5 Å². The molecule has 0 amide bonds. The van der Waals surface area contributed by atoms with Gasteiger partial charge in [-0.25, -0.2) is 4.98 Å². The molecule has 3 aromatic heterocycles. The smallest absolute Gasteiger partial charge is 0.157 e. The lowest BCUT2D eigenvalue weighted by atomic mass is 9.91. The summed E-state index contributed by atoms with van der Waals surface area (Å²) in [7, 11) is 3.94. The predicted molar refractivity (Wildman–Crippen MR) is 104 cm³/mol. The number of benzene rings is 1. The van der Waals surface area contributed by atoms with Gasteiger partial charge in [0.25, 0.3) is 0 Å². The standard InChI is InChI=1S/C19H23N7/c1-19(2,3)14-10-12(24-26(14)5)16-15(17(20)23-22-16)18-21-11-8-6-7-9-13(11)25(18)4/h6-10H,1-5H3,(H3,20,22,23). The number of hydrogen-bond donors (Lipinski definition) is 2. The quantitative estimate of drug-likeness (QED) is 0.581. The Hall–Kier alpha value is -3.09. The molecule has 0 aliphatic carbocycles. The van der Waals surface area contributed by atoms with Crippen molar-refractivity contribution >= 4 is 16.9 Å². The van der Waals surface area contributed by atoms with Crippen LogP contribution in [0.5, 0.6) is 0 Å². The van der Waals surface area contributed by atoms with E-state index in [1.807, 2.05) is 47.6 Å². The fourth-order valence-electron chi connectivity index (χ4n) is 3.43. The van der Waals surface area contributed by atoms with Crippen LogP contribution in [-0.4, -0.2) is 29.5 Å². The van der Waals surface area contributed by atoms with Gasteiger partial charge in [-0.3, -0.25) is 9.78 Å². The number of nitrogens with zero attached hydrogens (tertiary/aromatic N) is 5. The number of aromatic nitrogens is 6. The average molecular weight is 349 g/mol. The molecule has 0 aliphatic rings. The summed E-state index contributed by atoms with van der Waals surface area (Å²) in [6.45, 7) is 6.50. The van der Waals surface area contributed by atoms with E-state index in [4.69, 9.17) is 10.7 Å². The van der Waals surface area contributed by atoms with Crippen molar-refractivity contribution in [1.82, 2.24) is 29.5 Å². The maximum atomic E-state index is 6.20. The maximum Gasteiger partial charge on any atom is 0.157 e. The van der Waals surface area contributed by atoms with E-state index in [0.29, 0.717) is 5.82 Å². The number of rotatable bonds is 2. The number of aryl methyl sites for hydroxylation is 2. The predicted octanol–water partition coefficient (Wildman–Crippen LogP) is 3.24. The van der Waals surface area contributed by atoms with Gasteiger partial charge in [0, 0.05) is 25.2 Å². The highest BCUT2D eigenvalue weighted by Crippen LogP contribution is 2.36. The number of fused-ring (bicyclic) bond motifs is 1. The van der Waals surface area contributed by atoms with E-state index in [0.717, 1.165) is 39.5 Å². The van der Waals surface area contributed by atoms with Gasteiger partial charge in [0.15, 0.2) is 5.82 Å². The molecule has 134 valence electrons. The number of nitrogen functional groups attached to an aromatic ring is 1. The van der Waals surface area contributed by atoms with E-state index < -0.39 is 0 Å². The molecule has 4 aromatic rings. The molecule has 7 nitrogen and oxygen atoms in total. The van der Waals surface area contributed by atoms with Crippen LogP contribution in [0, 0.1) is 0 Å². The van der Waals surface area contributed by atoms with Gasteiger partial charge in [0.2, 0.25) is 0 Å². The van der Waals surface area contributed by atoms with E-state index in [1.165, 1.54) is 0 Å². The minimum atomic E-state index is -0.0103. The zero-order valence-electron chi connectivity index (χ0n) is 15.7. The highest BCUT2D eigenvalue weighted by molar-refractivity contribution is 5.89. The first-order valence-corrected chi connectivity index (χ1v) is 8.58. The lowest BCUT2D eigenvalue weighted by Gasteiger charge is -2.17. The van der Waals surface area contributed by atoms with E-state index in [1.54, 1.807) is 0 Å². The Kier molecular flexibility index (Phi) is 3.44. The monoisotopic (exact) mass is 349 g/mol. The Bertz CT molecular complexity index is 1110. The maximum absolute atomic E-state index is 6.20. The molecule has 0 fully saturated rings. The Morgan fingerprint density at radius 1 is 1.12 bits per heavy atom. The van der Waals surface area contributed by atoms with E-state index in [-0.39, 0.29) is 5.41 Å². The van der Waals surface area contributed by atoms with Crippen molar-refractivity contribution in [3.05, 3.63) is 36.0 Å². The summed E-state index contributed by atoms with van der Waals surface area (Å²) in [5, 5.41) is 12.0. The van der Waals surface area contributed by atoms with Gasteiger partial charge in [-0.1, -0.05) is 32.9 Å². The molecule has 1 aromatic carbocycles. The molecule has 0 bridgehead atoms. The normalized spacial score (nSPS) is 12.2. The number of para-hydroxylation sites is 2. The summed E-state index contributed by atoms with van der Waals surface area (Å²) in [5.74, 6) is 1.19. The van der Waals surface area contributed by atoms with Crippen molar-refractivity contribution in [1.29, 1.82) is 0 Å². The number of hydrogen-bond acceptors (Lipinski definition) is 4. The minimum Gasteiger partial charge on any atom is -0.382 e. The van der Waals surface area contributed by atoms with Gasteiger partial charge in [-0.2, -0.15) is 10.2 Å². The Balaban J connectivity index is 1.93. The third-order valence-corrected chi connectivity index (χ3v) is 4.71. The van der Waals surface area contributed by atoms with Gasteiger partial charge in [0.05, 0.1) is 22.3 Å². The SMILES string of the molecule is Cn1nc(-c2[nH]nc(N)c2-c2nc3ccccc3n2C)cc1C(C)(C)C. The van der Waals surface area contributed by atoms with Crippen molar-refractivity contribution in [3.63, 3.8) is 0 Å². The fraction of sp³-hybridized carbons (Fsp3) is 0.316. The molecule has 0 saturated carbocycles. The first-order chi connectivity index (χ1) is 12.3. The third kappa shape index (κ3) is 2.39. The molecule has 3 N–H and O–H groups in total. The zero-order chi connectivity index (χ0) is 18.6. The second-order valence-electron chi connectivity index (χ2n) is 7.63. The molecule has 0 radical (unpaired) electrons. The van der Waals surface area contributed by atoms with Crippen molar-refractivity contribution in [2.75, 3.05) is 5.73 Å². The molecular weight excluding hydrogens is 326 g/mol. The summed E-state index contributed by atoms with van der Waals surface area (Å²) in [5.41, 5.74) is 11.7. The number of nitrogens with two attached hydrogens (primary N) is 1. The summed E-state index contributed by atoms with van der Waals surface area (Å²) < 4.78 is 3.94. The van der Waals surface area contributed by atoms with Crippen molar-refractivity contribution in [2.45, 2.75) is 26.2 Å². The molecule has 4 rings (SSSR count). The van der Waals surface area contributed by atoms with Crippen molar-refractivity contribution < 1.29 is 0 Å². The number of imidazole rings is 1. The van der Waals surface area contributed by atoms with Gasteiger partial charge < -0.3 is 10.3 Å². The van der Waals surface area contributed by atoms with Gasteiger partial charge in [-0.15, -0.1) is 0 Å². The van der Waals surface area contributed by atoms with Crippen LogP contribution in [0.15, 0.2) is 30.3 Å². The molecule has 0 aliphatic heterocycles. The van der Waals surface area contributed by atoms with E-state index >= 15 is 0 Å². The molecule has 26 heavy (non-hydrogen) atoms. The average Bonchev–Trinajstić information content (AvgIpc) is 3.23. The number of anilines is 1. The van der Waals surface area contributed by atoms with Crippen molar-refractivity contribution in [2.24, 2.45) is 14.1 Å². The zero-order valence-corrected chi connectivity index (χ0v) is 15.7. The Morgan fingerprint density at radius 3 is 2.50 bits per heavy atom. The van der Waals surface area contributed by atoms with Crippen LogP contribution < -0.4 is 5.73 Å². The first-order valence-electron chi connectivity index (χ1n) is 8.58. The first kappa shape index (κ1) is 16.4. The summed E-state index contributed by atoms with van der Waals surface area (Å²) in [6.07, 6.45) is 0. The molecule has 3 heterocycles. The third-order valence-electron chi connectivity index (χ3n) is 4.71. The summed E-state index contributed by atoms with van der Waals surface area (Å²) in [4.78, 5) is 4.77. The minimum absolute atomic E-state index is 0.0103. The van der Waals surface area contributed by atoms with Crippen molar-refractivity contribution in [3.8, 4) is 22.8 Å². The van der Waals surface area contributed by atoms with E-state index in [2.05, 4.69) is 42.1 Å². The molecule has 0 spiro atoms. The molecule has 0 atom stereocenters. The second kappa shape index (κ2) is 5.45. The topological polar surface area (TPSA) is 90.3 Å². The van der Waals surface area contributed by atoms with Crippen LogP contribution in [0.3, 0.4) is 0 Å². The summed E-state index contributed by atoms with van der Waals surface area (Å²) >= 11 is 0.